The van der Waals surface area contributed by atoms with Crippen molar-refractivity contribution < 1.29 is 5.11 Å². The van der Waals surface area contributed by atoms with Gasteiger partial charge in [-0.25, -0.2) is 0 Å². The van der Waals surface area contributed by atoms with Gasteiger partial charge in [0.15, 0.2) is 0 Å². The molecule has 1 fully saturated rings. The van der Waals surface area contributed by atoms with E-state index < -0.39 is 0 Å². The van der Waals surface area contributed by atoms with E-state index in [2.05, 4.69) is 40.3 Å². The number of nitrogens with zero attached hydrogens (tertiary/aromatic N) is 4. The van der Waals surface area contributed by atoms with Crippen LogP contribution >= 0.6 is 0 Å². The predicted octanol–water partition coefficient (Wildman–Crippen LogP) is 3.99. The zero-order valence-electron chi connectivity index (χ0n) is 15.6. The van der Waals surface area contributed by atoms with Crippen LogP contribution < -0.4 is 0 Å². The number of likely N-dealkylation sites (tertiary alicyclic amines) is 1. The molecule has 1 aliphatic rings. The lowest BCUT2D eigenvalue weighted by molar-refractivity contribution is 0.251. The van der Waals surface area contributed by atoms with Gasteiger partial charge in [0.05, 0.1) is 17.1 Å². The second-order valence-corrected chi connectivity index (χ2v) is 7.36. The van der Waals surface area contributed by atoms with E-state index in [9.17, 15) is 5.11 Å². The Morgan fingerprint density at radius 3 is 2.81 bits per heavy atom. The molecular weight excluding hydrogens is 336 g/mol. The molecule has 1 saturated heterocycles. The van der Waals surface area contributed by atoms with Gasteiger partial charge in [0, 0.05) is 17.5 Å². The fourth-order valence-corrected chi connectivity index (χ4v) is 4.09. The second-order valence-electron chi connectivity index (χ2n) is 7.36. The standard InChI is InChI=1S/C22H22N4O/c1-14-17-6-3-7-18(16-5-4-10-26(2)13-16)22(17)25-24-21(14)19-9-8-15(12-23)11-20(19)27/h3,6-9,11,16,27H,4-5,10,13H2,1-2H3. The van der Waals surface area contributed by atoms with Gasteiger partial charge in [-0.05, 0) is 68.6 Å². The number of aromatic nitrogens is 2. The summed E-state index contributed by atoms with van der Waals surface area (Å²) in [5.74, 6) is 0.520. The number of phenolic OH excluding ortho intramolecular Hbond substituents is 1. The Balaban J connectivity index is 1.83. The summed E-state index contributed by atoms with van der Waals surface area (Å²) in [5.41, 5.74) is 4.88. The first kappa shape index (κ1) is 17.4. The van der Waals surface area contributed by atoms with E-state index in [1.165, 1.54) is 24.5 Å². The lowest BCUT2D eigenvalue weighted by atomic mass is 9.88. The smallest absolute Gasteiger partial charge is 0.126 e. The van der Waals surface area contributed by atoms with E-state index in [-0.39, 0.29) is 5.75 Å². The van der Waals surface area contributed by atoms with Crippen LogP contribution in [0.2, 0.25) is 0 Å². The minimum atomic E-state index is 0.0517. The van der Waals surface area contributed by atoms with Crippen molar-refractivity contribution in [3.05, 3.63) is 53.1 Å². The minimum absolute atomic E-state index is 0.0517. The molecule has 0 radical (unpaired) electrons. The van der Waals surface area contributed by atoms with Crippen LogP contribution in [-0.2, 0) is 0 Å². The van der Waals surface area contributed by atoms with Crippen LogP contribution in [0.1, 0.15) is 35.4 Å². The Hall–Kier alpha value is -2.97. The quantitative estimate of drug-likeness (QED) is 0.750. The second kappa shape index (κ2) is 6.98. The highest BCUT2D eigenvalue weighted by Gasteiger charge is 2.22. The van der Waals surface area contributed by atoms with Gasteiger partial charge in [0.25, 0.3) is 0 Å². The van der Waals surface area contributed by atoms with Crippen LogP contribution in [0.5, 0.6) is 5.75 Å². The third kappa shape index (κ3) is 3.13. The Morgan fingerprint density at radius 1 is 1.22 bits per heavy atom. The van der Waals surface area contributed by atoms with Gasteiger partial charge in [-0.2, -0.15) is 5.26 Å². The van der Waals surface area contributed by atoms with Gasteiger partial charge in [-0.3, -0.25) is 0 Å². The lowest BCUT2D eigenvalue weighted by Gasteiger charge is -2.30. The van der Waals surface area contributed by atoms with Crippen molar-refractivity contribution in [2.75, 3.05) is 20.1 Å². The largest absolute Gasteiger partial charge is 0.507 e. The summed E-state index contributed by atoms with van der Waals surface area (Å²) in [6.45, 7) is 4.20. The van der Waals surface area contributed by atoms with E-state index in [1.807, 2.05) is 13.0 Å². The van der Waals surface area contributed by atoms with Gasteiger partial charge in [-0.1, -0.05) is 18.2 Å². The van der Waals surface area contributed by atoms with E-state index >= 15 is 0 Å². The average Bonchev–Trinajstić information content (AvgIpc) is 2.68. The first-order chi connectivity index (χ1) is 13.1. The van der Waals surface area contributed by atoms with E-state index in [4.69, 9.17) is 5.26 Å². The Morgan fingerprint density at radius 2 is 2.07 bits per heavy atom. The van der Waals surface area contributed by atoms with Crippen LogP contribution in [0.25, 0.3) is 22.2 Å². The molecule has 1 unspecified atom stereocenters. The Kier molecular flexibility index (Phi) is 4.51. The summed E-state index contributed by atoms with van der Waals surface area (Å²) < 4.78 is 0. The molecule has 2 heterocycles. The zero-order chi connectivity index (χ0) is 19.0. The van der Waals surface area contributed by atoms with Crippen molar-refractivity contribution in [1.82, 2.24) is 15.1 Å². The summed E-state index contributed by atoms with van der Waals surface area (Å²) in [4.78, 5) is 2.37. The lowest BCUT2D eigenvalue weighted by Crippen LogP contribution is -2.31. The number of fused-ring (bicyclic) bond motifs is 1. The summed E-state index contributed by atoms with van der Waals surface area (Å²) in [6.07, 6.45) is 2.36. The maximum Gasteiger partial charge on any atom is 0.126 e. The normalized spacial score (nSPS) is 17.7. The molecular formula is C22H22N4O. The monoisotopic (exact) mass is 358 g/mol. The SMILES string of the molecule is Cc1c(-c2ccc(C#N)cc2O)nnc2c(C3CCCN(C)C3)cccc12. The highest BCUT2D eigenvalue weighted by molar-refractivity contribution is 5.89. The molecule has 2 aromatic carbocycles. The third-order valence-electron chi connectivity index (χ3n) is 5.52. The van der Waals surface area contributed by atoms with E-state index in [1.54, 1.807) is 12.1 Å². The Labute approximate surface area is 158 Å². The molecule has 1 N–H and O–H groups in total. The fourth-order valence-electron chi connectivity index (χ4n) is 4.09. The number of phenols is 1. The summed E-state index contributed by atoms with van der Waals surface area (Å²) in [5, 5.41) is 29.4. The van der Waals surface area contributed by atoms with Crippen LogP contribution in [0.4, 0.5) is 0 Å². The molecule has 5 heteroatoms. The number of hydrogen-bond donors (Lipinski definition) is 1. The third-order valence-corrected chi connectivity index (χ3v) is 5.52. The highest BCUT2D eigenvalue weighted by Crippen LogP contribution is 2.36. The van der Waals surface area contributed by atoms with Gasteiger partial charge in [-0.15, -0.1) is 10.2 Å². The molecule has 1 atom stereocenters. The number of piperidine rings is 1. The summed E-state index contributed by atoms with van der Waals surface area (Å²) in [6, 6.07) is 13.2. The molecule has 0 saturated carbocycles. The van der Waals surface area contributed by atoms with Crippen LogP contribution in [0, 0.1) is 18.3 Å². The molecule has 0 amide bonds. The number of benzene rings is 2. The number of hydrogen-bond acceptors (Lipinski definition) is 5. The maximum atomic E-state index is 10.3. The molecule has 1 aliphatic heterocycles. The maximum absolute atomic E-state index is 10.3. The van der Waals surface area contributed by atoms with Crippen LogP contribution in [-0.4, -0.2) is 40.3 Å². The number of rotatable bonds is 2. The van der Waals surface area contributed by atoms with Crippen molar-refractivity contribution in [3.63, 3.8) is 0 Å². The first-order valence-electron chi connectivity index (χ1n) is 9.26. The molecule has 0 spiro atoms. The van der Waals surface area contributed by atoms with Crippen molar-refractivity contribution in [1.29, 1.82) is 5.26 Å². The number of likely N-dealkylation sites (N-methyl/N-ethyl adjacent to an activating group) is 1. The van der Waals surface area contributed by atoms with Crippen molar-refractivity contribution in [2.24, 2.45) is 0 Å². The zero-order valence-corrected chi connectivity index (χ0v) is 15.6. The number of aryl methyl sites for hydroxylation is 1. The summed E-state index contributed by atoms with van der Waals surface area (Å²) >= 11 is 0. The fraction of sp³-hybridized carbons (Fsp3) is 0.318. The molecule has 3 aromatic rings. The molecule has 0 bridgehead atoms. The molecule has 136 valence electrons. The minimum Gasteiger partial charge on any atom is -0.507 e. The van der Waals surface area contributed by atoms with Gasteiger partial charge >= 0.3 is 0 Å². The molecule has 5 nitrogen and oxygen atoms in total. The van der Waals surface area contributed by atoms with Gasteiger partial charge < -0.3 is 10.0 Å². The first-order valence-corrected chi connectivity index (χ1v) is 9.26. The average molecular weight is 358 g/mol. The number of nitriles is 1. The van der Waals surface area contributed by atoms with Crippen molar-refractivity contribution in [2.45, 2.75) is 25.7 Å². The number of aromatic hydroxyl groups is 1. The molecule has 27 heavy (non-hydrogen) atoms. The molecule has 4 rings (SSSR count). The van der Waals surface area contributed by atoms with Crippen molar-refractivity contribution in [3.8, 4) is 23.1 Å². The highest BCUT2D eigenvalue weighted by atomic mass is 16.3. The molecule has 1 aromatic heterocycles. The predicted molar refractivity (Wildman–Crippen MR) is 106 cm³/mol. The van der Waals surface area contributed by atoms with Crippen molar-refractivity contribution >= 4 is 10.9 Å². The topological polar surface area (TPSA) is 73.0 Å². The van der Waals surface area contributed by atoms with Gasteiger partial charge in [0.1, 0.15) is 11.4 Å². The Bertz CT molecular complexity index is 1050. The van der Waals surface area contributed by atoms with Crippen LogP contribution in [0.3, 0.4) is 0 Å². The summed E-state index contributed by atoms with van der Waals surface area (Å²) in [7, 11) is 2.17. The van der Waals surface area contributed by atoms with Gasteiger partial charge in [0.2, 0.25) is 0 Å². The van der Waals surface area contributed by atoms with E-state index in [0.29, 0.717) is 22.7 Å². The van der Waals surface area contributed by atoms with Crippen LogP contribution in [0.15, 0.2) is 36.4 Å². The van der Waals surface area contributed by atoms with E-state index in [0.717, 1.165) is 29.6 Å². The molecule has 0 aliphatic carbocycles.